The fourth-order valence-corrected chi connectivity index (χ4v) is 1.98. The van der Waals surface area contributed by atoms with Crippen LogP contribution in [0, 0.1) is 21.4 Å². The van der Waals surface area contributed by atoms with Crippen molar-refractivity contribution >= 4 is 46.3 Å². The second-order valence-electron chi connectivity index (χ2n) is 4.55. The van der Waals surface area contributed by atoms with Gasteiger partial charge in [0.2, 0.25) is 0 Å². The zero-order chi connectivity index (χ0) is 18.4. The average Bonchev–Trinajstić information content (AvgIpc) is 2.58. The van der Waals surface area contributed by atoms with E-state index in [9.17, 15) is 14.9 Å². The number of nitro benzene ring substituents is 1. The number of benzene rings is 1. The van der Waals surface area contributed by atoms with E-state index in [1.54, 1.807) is 18.2 Å². The van der Waals surface area contributed by atoms with Gasteiger partial charge in [-0.15, -0.1) is 0 Å². The van der Waals surface area contributed by atoms with Gasteiger partial charge in [-0.25, -0.2) is 4.98 Å². The van der Waals surface area contributed by atoms with Crippen molar-refractivity contribution in [3.63, 3.8) is 0 Å². The lowest BCUT2D eigenvalue weighted by Gasteiger charge is -2.05. The first kappa shape index (κ1) is 18.2. The lowest BCUT2D eigenvalue weighted by molar-refractivity contribution is -0.384. The summed E-state index contributed by atoms with van der Waals surface area (Å²) >= 11 is 11.4. The van der Waals surface area contributed by atoms with Gasteiger partial charge in [0.1, 0.15) is 22.5 Å². The van der Waals surface area contributed by atoms with Crippen molar-refractivity contribution in [1.82, 2.24) is 4.98 Å². The Bertz CT molecular complexity index is 891. The van der Waals surface area contributed by atoms with Crippen LogP contribution in [0.25, 0.3) is 0 Å². The SMILES string of the molecule is N#C/C(=C/Nc1ccc(Cl)cn1)C(=O)Nc1ccc(Cl)c([N+](=O)[O-])c1. The molecule has 0 saturated carbocycles. The molecule has 10 heteroatoms. The highest BCUT2D eigenvalue weighted by atomic mass is 35.5. The van der Waals surface area contributed by atoms with Crippen molar-refractivity contribution in [1.29, 1.82) is 5.26 Å². The Labute approximate surface area is 151 Å². The van der Waals surface area contributed by atoms with Gasteiger partial charge in [0.15, 0.2) is 0 Å². The number of nitriles is 1. The van der Waals surface area contributed by atoms with Crippen molar-refractivity contribution in [2.45, 2.75) is 0 Å². The van der Waals surface area contributed by atoms with E-state index >= 15 is 0 Å². The lowest BCUT2D eigenvalue weighted by Crippen LogP contribution is -2.14. The Morgan fingerprint density at radius 1 is 1.32 bits per heavy atom. The van der Waals surface area contributed by atoms with Gasteiger partial charge in [-0.2, -0.15) is 5.26 Å². The van der Waals surface area contributed by atoms with Gasteiger partial charge in [0.25, 0.3) is 11.6 Å². The molecule has 2 aromatic rings. The molecule has 0 atom stereocenters. The quantitative estimate of drug-likeness (QED) is 0.354. The number of carbonyl (C=O) groups excluding carboxylic acids is 1. The van der Waals surface area contributed by atoms with Crippen molar-refractivity contribution in [2.75, 3.05) is 10.6 Å². The maximum absolute atomic E-state index is 12.1. The molecule has 1 heterocycles. The number of hydrogen-bond acceptors (Lipinski definition) is 6. The van der Waals surface area contributed by atoms with E-state index in [0.29, 0.717) is 10.8 Å². The number of rotatable bonds is 5. The molecule has 0 saturated heterocycles. The summed E-state index contributed by atoms with van der Waals surface area (Å²) in [7, 11) is 0. The molecule has 126 valence electrons. The van der Waals surface area contributed by atoms with E-state index < -0.39 is 10.8 Å². The molecule has 0 bridgehead atoms. The van der Waals surface area contributed by atoms with Crippen LogP contribution in [-0.2, 0) is 4.79 Å². The predicted molar refractivity (Wildman–Crippen MR) is 93.3 cm³/mol. The molecule has 0 aliphatic heterocycles. The number of hydrogen-bond donors (Lipinski definition) is 2. The zero-order valence-electron chi connectivity index (χ0n) is 12.4. The van der Waals surface area contributed by atoms with Gasteiger partial charge < -0.3 is 10.6 Å². The van der Waals surface area contributed by atoms with Crippen molar-refractivity contribution < 1.29 is 9.72 Å². The van der Waals surface area contributed by atoms with Crippen LogP contribution in [0.1, 0.15) is 0 Å². The van der Waals surface area contributed by atoms with Crippen LogP contribution in [0.15, 0.2) is 48.3 Å². The third-order valence-electron chi connectivity index (χ3n) is 2.86. The van der Waals surface area contributed by atoms with E-state index in [-0.39, 0.29) is 22.0 Å². The Hall–Kier alpha value is -3.15. The fourth-order valence-electron chi connectivity index (χ4n) is 1.68. The predicted octanol–water partition coefficient (Wildman–Crippen LogP) is 3.75. The summed E-state index contributed by atoms with van der Waals surface area (Å²) in [5.41, 5.74) is -0.480. The van der Waals surface area contributed by atoms with Crippen LogP contribution in [0.3, 0.4) is 0 Å². The van der Waals surface area contributed by atoms with E-state index in [0.717, 1.165) is 12.3 Å². The largest absolute Gasteiger partial charge is 0.345 e. The molecule has 2 N–H and O–H groups in total. The molecule has 8 nitrogen and oxygen atoms in total. The van der Waals surface area contributed by atoms with Gasteiger partial charge in [0, 0.05) is 24.2 Å². The van der Waals surface area contributed by atoms with E-state index in [4.69, 9.17) is 28.5 Å². The molecule has 1 aromatic carbocycles. The van der Waals surface area contributed by atoms with Gasteiger partial charge in [-0.1, -0.05) is 23.2 Å². The summed E-state index contributed by atoms with van der Waals surface area (Å²) in [6.07, 6.45) is 2.56. The zero-order valence-corrected chi connectivity index (χ0v) is 13.9. The summed E-state index contributed by atoms with van der Waals surface area (Å²) in [5, 5.41) is 25.4. The van der Waals surface area contributed by atoms with Crippen molar-refractivity contribution in [2.24, 2.45) is 0 Å². The minimum Gasteiger partial charge on any atom is -0.345 e. The van der Waals surface area contributed by atoms with Gasteiger partial charge in [-0.05, 0) is 24.3 Å². The molecule has 1 amide bonds. The van der Waals surface area contributed by atoms with E-state index in [1.807, 2.05) is 0 Å². The van der Waals surface area contributed by atoms with Crippen LogP contribution in [0.5, 0.6) is 0 Å². The molecule has 0 aliphatic rings. The molecular weight excluding hydrogens is 369 g/mol. The highest BCUT2D eigenvalue weighted by molar-refractivity contribution is 6.32. The Kier molecular flexibility index (Phi) is 5.89. The summed E-state index contributed by atoms with van der Waals surface area (Å²) in [4.78, 5) is 26.2. The number of aromatic nitrogens is 1. The maximum Gasteiger partial charge on any atom is 0.289 e. The van der Waals surface area contributed by atoms with E-state index in [1.165, 1.54) is 18.3 Å². The molecule has 0 fully saturated rings. The summed E-state index contributed by atoms with van der Waals surface area (Å²) in [6, 6.07) is 8.64. The monoisotopic (exact) mass is 377 g/mol. The number of carbonyl (C=O) groups is 1. The topological polar surface area (TPSA) is 121 Å². The number of nitrogens with zero attached hydrogens (tertiary/aromatic N) is 3. The number of nitrogens with one attached hydrogen (secondary N) is 2. The van der Waals surface area contributed by atoms with Gasteiger partial charge >= 0.3 is 0 Å². The molecule has 0 aliphatic carbocycles. The second kappa shape index (κ2) is 8.10. The van der Waals surface area contributed by atoms with Gasteiger partial charge in [0.05, 0.1) is 9.95 Å². The molecule has 1 aromatic heterocycles. The van der Waals surface area contributed by atoms with Crippen LogP contribution < -0.4 is 10.6 Å². The molecule has 0 radical (unpaired) electrons. The Balaban J connectivity index is 2.13. The smallest absolute Gasteiger partial charge is 0.289 e. The second-order valence-corrected chi connectivity index (χ2v) is 5.40. The summed E-state index contributed by atoms with van der Waals surface area (Å²) in [6.45, 7) is 0. The molecular formula is C15H9Cl2N5O3. The summed E-state index contributed by atoms with van der Waals surface area (Å²) in [5.74, 6) is -0.368. The Morgan fingerprint density at radius 3 is 2.68 bits per heavy atom. The number of amides is 1. The highest BCUT2D eigenvalue weighted by Crippen LogP contribution is 2.27. The van der Waals surface area contributed by atoms with Gasteiger partial charge in [-0.3, -0.25) is 14.9 Å². The van der Waals surface area contributed by atoms with Crippen LogP contribution in [-0.4, -0.2) is 15.8 Å². The Morgan fingerprint density at radius 2 is 2.08 bits per heavy atom. The van der Waals surface area contributed by atoms with Crippen molar-refractivity contribution in [3.8, 4) is 6.07 Å². The maximum atomic E-state index is 12.1. The minimum atomic E-state index is -0.749. The molecule has 0 unspecified atom stereocenters. The standard InChI is InChI=1S/C15H9Cl2N5O3/c16-10-1-4-14(20-8-10)19-7-9(6-18)15(23)21-11-2-3-12(17)13(5-11)22(24)25/h1-5,7-8H,(H,19,20)(H,21,23)/b9-7-. The van der Waals surface area contributed by atoms with Crippen LogP contribution >= 0.6 is 23.2 Å². The van der Waals surface area contributed by atoms with Crippen LogP contribution in [0.4, 0.5) is 17.2 Å². The normalized spacial score (nSPS) is 10.7. The molecule has 2 rings (SSSR count). The lowest BCUT2D eigenvalue weighted by atomic mass is 10.2. The number of anilines is 2. The van der Waals surface area contributed by atoms with Crippen molar-refractivity contribution in [3.05, 3.63) is 68.5 Å². The highest BCUT2D eigenvalue weighted by Gasteiger charge is 2.15. The third kappa shape index (κ3) is 4.91. The van der Waals surface area contributed by atoms with E-state index in [2.05, 4.69) is 15.6 Å². The number of halogens is 2. The number of nitro groups is 1. The fraction of sp³-hybridized carbons (Fsp3) is 0. The average molecular weight is 378 g/mol. The number of pyridine rings is 1. The molecule has 25 heavy (non-hydrogen) atoms. The third-order valence-corrected chi connectivity index (χ3v) is 3.40. The first-order valence-electron chi connectivity index (χ1n) is 6.64. The summed E-state index contributed by atoms with van der Waals surface area (Å²) < 4.78 is 0. The molecule has 0 spiro atoms. The van der Waals surface area contributed by atoms with Crippen LogP contribution in [0.2, 0.25) is 10.0 Å². The first-order chi connectivity index (χ1) is 11.9. The first-order valence-corrected chi connectivity index (χ1v) is 7.40. The minimum absolute atomic E-state index is 0.0606.